The SMILES string of the molecule is CC(C)Oc1ccc(CC(=O)O)cc1-c1ccc(F)c2c1CN(OC(=O)OCc1ccccc1)CC2. The monoisotopic (exact) mass is 493 g/mol. The second-order valence-corrected chi connectivity index (χ2v) is 8.85. The molecule has 1 aliphatic heterocycles. The average molecular weight is 494 g/mol. The van der Waals surface area contributed by atoms with Gasteiger partial charge in [0.2, 0.25) is 0 Å². The molecule has 4 rings (SSSR count). The molecule has 0 aromatic heterocycles. The van der Waals surface area contributed by atoms with Gasteiger partial charge in [-0.2, -0.15) is 0 Å². The molecule has 0 unspecified atom stereocenters. The molecule has 0 atom stereocenters. The smallest absolute Gasteiger partial charge is 0.490 e. The fourth-order valence-corrected chi connectivity index (χ4v) is 4.21. The lowest BCUT2D eigenvalue weighted by atomic mass is 9.90. The Kier molecular flexibility index (Phi) is 7.85. The highest BCUT2D eigenvalue weighted by molar-refractivity contribution is 5.77. The van der Waals surface area contributed by atoms with E-state index in [-0.39, 0.29) is 31.5 Å². The number of rotatable bonds is 8. The zero-order chi connectivity index (χ0) is 25.7. The molecule has 36 heavy (non-hydrogen) atoms. The normalized spacial score (nSPS) is 13.2. The van der Waals surface area contributed by atoms with Crippen molar-refractivity contribution in [3.63, 3.8) is 0 Å². The summed E-state index contributed by atoms with van der Waals surface area (Å²) in [5, 5.41) is 10.7. The van der Waals surface area contributed by atoms with Gasteiger partial charge in [0.15, 0.2) is 0 Å². The van der Waals surface area contributed by atoms with Gasteiger partial charge in [0.05, 0.1) is 19.1 Å². The van der Waals surface area contributed by atoms with Crippen molar-refractivity contribution in [2.45, 2.75) is 45.9 Å². The number of carboxylic acids is 1. The molecule has 0 bridgehead atoms. The van der Waals surface area contributed by atoms with E-state index >= 15 is 0 Å². The van der Waals surface area contributed by atoms with Gasteiger partial charge in [0, 0.05) is 12.1 Å². The van der Waals surface area contributed by atoms with E-state index < -0.39 is 12.1 Å². The maximum absolute atomic E-state index is 14.8. The molecule has 0 radical (unpaired) electrons. The topological polar surface area (TPSA) is 85.3 Å². The van der Waals surface area contributed by atoms with Crippen molar-refractivity contribution in [1.82, 2.24) is 5.06 Å². The van der Waals surface area contributed by atoms with Crippen LogP contribution in [0.5, 0.6) is 5.75 Å². The number of fused-ring (bicyclic) bond motifs is 1. The van der Waals surface area contributed by atoms with Crippen LogP contribution in [0, 0.1) is 5.82 Å². The predicted octanol–water partition coefficient (Wildman–Crippen LogP) is 5.53. The van der Waals surface area contributed by atoms with E-state index in [0.717, 1.165) is 5.56 Å². The minimum absolute atomic E-state index is 0.0796. The van der Waals surface area contributed by atoms with Gasteiger partial charge >= 0.3 is 12.1 Å². The summed E-state index contributed by atoms with van der Waals surface area (Å²) in [7, 11) is 0. The van der Waals surface area contributed by atoms with E-state index in [2.05, 4.69) is 0 Å². The zero-order valence-electron chi connectivity index (χ0n) is 20.2. The summed E-state index contributed by atoms with van der Waals surface area (Å²) in [5.74, 6) is -0.727. The van der Waals surface area contributed by atoms with Crippen molar-refractivity contribution in [1.29, 1.82) is 0 Å². The third kappa shape index (κ3) is 6.20. The number of carboxylic acid groups (broad SMARTS) is 1. The highest BCUT2D eigenvalue weighted by Crippen LogP contribution is 2.38. The molecule has 3 aromatic carbocycles. The van der Waals surface area contributed by atoms with E-state index in [1.54, 1.807) is 24.3 Å². The van der Waals surface area contributed by atoms with Gasteiger partial charge < -0.3 is 19.4 Å². The zero-order valence-corrected chi connectivity index (χ0v) is 20.2. The van der Waals surface area contributed by atoms with Crippen LogP contribution < -0.4 is 4.74 Å². The Morgan fingerprint density at radius 1 is 1.00 bits per heavy atom. The first-order valence-corrected chi connectivity index (χ1v) is 11.8. The lowest BCUT2D eigenvalue weighted by Crippen LogP contribution is -2.34. The molecule has 1 aliphatic rings. The minimum Gasteiger partial charge on any atom is -0.490 e. The van der Waals surface area contributed by atoms with Crippen LogP contribution in [0.1, 0.15) is 36.1 Å². The third-order valence-electron chi connectivity index (χ3n) is 5.77. The number of hydrogen-bond donors (Lipinski definition) is 1. The number of benzene rings is 3. The van der Waals surface area contributed by atoms with Crippen LogP contribution in [-0.4, -0.2) is 34.9 Å². The van der Waals surface area contributed by atoms with E-state index in [1.807, 2.05) is 44.2 Å². The molecule has 3 aromatic rings. The Labute approximate surface area is 209 Å². The molecular weight excluding hydrogens is 465 g/mol. The predicted molar refractivity (Wildman–Crippen MR) is 131 cm³/mol. The summed E-state index contributed by atoms with van der Waals surface area (Å²) in [6.07, 6.45) is -0.783. The number of halogens is 1. The number of ether oxygens (including phenoxy) is 2. The van der Waals surface area contributed by atoms with Crippen LogP contribution in [0.2, 0.25) is 0 Å². The molecule has 8 heteroatoms. The number of aliphatic carboxylic acids is 1. The van der Waals surface area contributed by atoms with Gasteiger partial charge in [0.1, 0.15) is 18.2 Å². The maximum atomic E-state index is 14.8. The van der Waals surface area contributed by atoms with Crippen molar-refractivity contribution >= 4 is 12.1 Å². The Morgan fingerprint density at radius 2 is 1.78 bits per heavy atom. The van der Waals surface area contributed by atoms with Crippen LogP contribution in [0.15, 0.2) is 60.7 Å². The summed E-state index contributed by atoms with van der Waals surface area (Å²) >= 11 is 0. The number of nitrogens with zero attached hydrogens (tertiary/aromatic N) is 1. The Bertz CT molecular complexity index is 1240. The second-order valence-electron chi connectivity index (χ2n) is 8.85. The summed E-state index contributed by atoms with van der Waals surface area (Å²) in [6, 6.07) is 17.5. The lowest BCUT2D eigenvalue weighted by Gasteiger charge is -2.29. The van der Waals surface area contributed by atoms with E-state index in [0.29, 0.717) is 46.5 Å². The summed E-state index contributed by atoms with van der Waals surface area (Å²) < 4.78 is 26.0. The van der Waals surface area contributed by atoms with Crippen molar-refractivity contribution in [2.75, 3.05) is 6.54 Å². The van der Waals surface area contributed by atoms with E-state index in [9.17, 15) is 19.1 Å². The van der Waals surface area contributed by atoms with Crippen LogP contribution in [0.3, 0.4) is 0 Å². The average Bonchev–Trinajstić information content (AvgIpc) is 2.84. The van der Waals surface area contributed by atoms with Crippen LogP contribution in [0.4, 0.5) is 9.18 Å². The number of hydroxylamine groups is 2. The number of carbonyl (C=O) groups is 2. The molecule has 0 saturated heterocycles. The fraction of sp³-hybridized carbons (Fsp3) is 0.286. The van der Waals surface area contributed by atoms with Crippen molar-refractivity contribution in [3.05, 3.63) is 88.7 Å². The van der Waals surface area contributed by atoms with Crippen molar-refractivity contribution in [2.24, 2.45) is 0 Å². The molecule has 1 N–H and O–H groups in total. The van der Waals surface area contributed by atoms with Gasteiger partial charge in [-0.3, -0.25) is 4.79 Å². The lowest BCUT2D eigenvalue weighted by molar-refractivity contribution is -0.139. The van der Waals surface area contributed by atoms with Crippen LogP contribution >= 0.6 is 0 Å². The second kappa shape index (κ2) is 11.2. The maximum Gasteiger partial charge on any atom is 0.528 e. The Balaban J connectivity index is 1.60. The highest BCUT2D eigenvalue weighted by Gasteiger charge is 2.27. The fourth-order valence-electron chi connectivity index (χ4n) is 4.21. The van der Waals surface area contributed by atoms with Gasteiger partial charge in [-0.05, 0) is 66.3 Å². The standard InChI is InChI=1S/C28H28FNO6/c1-18(2)35-26-11-8-20(15-27(31)32)14-23(26)21-9-10-25(29)22-12-13-30(16-24(21)22)36-28(33)34-17-19-6-4-3-5-7-19/h3-11,14,18H,12-13,15-17H2,1-2H3,(H,31,32). The van der Waals surface area contributed by atoms with E-state index in [4.69, 9.17) is 14.3 Å². The molecule has 0 amide bonds. The Morgan fingerprint density at radius 3 is 2.50 bits per heavy atom. The summed E-state index contributed by atoms with van der Waals surface area (Å²) in [4.78, 5) is 29.0. The largest absolute Gasteiger partial charge is 0.528 e. The first-order chi connectivity index (χ1) is 17.3. The van der Waals surface area contributed by atoms with Gasteiger partial charge in [0.25, 0.3) is 0 Å². The van der Waals surface area contributed by atoms with E-state index in [1.165, 1.54) is 11.1 Å². The Hall–Kier alpha value is -3.91. The minimum atomic E-state index is -0.951. The molecule has 188 valence electrons. The van der Waals surface area contributed by atoms with Crippen molar-refractivity contribution in [3.8, 4) is 16.9 Å². The first kappa shape index (κ1) is 25.2. The quantitative estimate of drug-likeness (QED) is 0.413. The number of carbonyl (C=O) groups excluding carboxylic acids is 1. The highest BCUT2D eigenvalue weighted by atomic mass is 19.1. The number of hydrogen-bond acceptors (Lipinski definition) is 6. The molecule has 1 heterocycles. The molecule has 0 fully saturated rings. The molecule has 0 aliphatic carbocycles. The van der Waals surface area contributed by atoms with Crippen molar-refractivity contribution < 1.29 is 33.4 Å². The van der Waals surface area contributed by atoms with Crippen LogP contribution in [-0.2, 0) is 40.4 Å². The van der Waals surface area contributed by atoms with Gasteiger partial charge in [-0.15, -0.1) is 5.06 Å². The van der Waals surface area contributed by atoms with Gasteiger partial charge in [-0.1, -0.05) is 42.5 Å². The third-order valence-corrected chi connectivity index (χ3v) is 5.77. The summed E-state index contributed by atoms with van der Waals surface area (Å²) in [5.41, 5.74) is 3.97. The molecule has 0 saturated carbocycles. The molecule has 0 spiro atoms. The van der Waals surface area contributed by atoms with Crippen LogP contribution in [0.25, 0.3) is 11.1 Å². The first-order valence-electron chi connectivity index (χ1n) is 11.8. The molecule has 7 nitrogen and oxygen atoms in total. The summed E-state index contributed by atoms with van der Waals surface area (Å²) in [6.45, 7) is 4.32. The van der Waals surface area contributed by atoms with Gasteiger partial charge in [-0.25, -0.2) is 9.18 Å². The molecular formula is C28H28FNO6.